The number of hydrogen-bond acceptors (Lipinski definition) is 4. The Hall–Kier alpha value is -3.48. The number of para-hydroxylation sites is 1. The van der Waals surface area contributed by atoms with E-state index in [0.29, 0.717) is 18.2 Å². The number of nitrogens with zero attached hydrogens (tertiary/aromatic N) is 1. The van der Waals surface area contributed by atoms with Crippen LogP contribution in [0.3, 0.4) is 0 Å². The maximum atomic E-state index is 13.5. The molecule has 1 fully saturated rings. The molecule has 2 amide bonds. The molecule has 1 unspecified atom stereocenters. The van der Waals surface area contributed by atoms with Crippen molar-refractivity contribution < 1.29 is 14.3 Å². The normalized spacial score (nSPS) is 18.4. The van der Waals surface area contributed by atoms with Gasteiger partial charge in [-0.25, -0.2) is 0 Å². The van der Waals surface area contributed by atoms with Gasteiger partial charge in [0.2, 0.25) is 5.91 Å². The summed E-state index contributed by atoms with van der Waals surface area (Å²) in [5.41, 5.74) is 2.63. The first-order chi connectivity index (χ1) is 17.9. The van der Waals surface area contributed by atoms with Crippen LogP contribution in [0.15, 0.2) is 54.6 Å². The van der Waals surface area contributed by atoms with Gasteiger partial charge in [-0.05, 0) is 61.6 Å². The lowest BCUT2D eigenvalue weighted by molar-refractivity contribution is -0.127. The Morgan fingerprint density at radius 3 is 2.49 bits per heavy atom. The second-order valence-electron chi connectivity index (χ2n) is 10.6. The van der Waals surface area contributed by atoms with E-state index in [1.54, 1.807) is 7.11 Å². The molecule has 3 atom stereocenters. The SMILES string of the molecule is COc1ccc(NCC(CC(C)C)NC(=O)[C@@H]2CCCC[C@@H]2NC(=O)c2cc3ccccc3n2C)cc1. The standard InChI is InChI=1S/C30H40N4O3/c1-20(2)17-23(19-31-22-13-15-24(37-4)16-14-22)32-29(35)25-10-6-7-11-26(25)33-30(36)28-18-21-9-5-8-12-27(21)34(28)3/h5,8-9,12-16,18,20,23,25-26,31H,6-7,10-11,17,19H2,1-4H3,(H,32,35)(H,33,36)/t23?,25-,26+/m1/s1. The molecule has 0 aliphatic heterocycles. The largest absolute Gasteiger partial charge is 0.497 e. The van der Waals surface area contributed by atoms with Crippen molar-refractivity contribution in [2.45, 2.75) is 58.0 Å². The lowest BCUT2D eigenvalue weighted by Gasteiger charge is -2.33. The number of aryl methyl sites for hydroxylation is 1. The molecule has 0 saturated heterocycles. The van der Waals surface area contributed by atoms with E-state index in [1.165, 1.54) is 0 Å². The monoisotopic (exact) mass is 504 g/mol. The maximum Gasteiger partial charge on any atom is 0.268 e. The fourth-order valence-electron chi connectivity index (χ4n) is 5.39. The number of benzene rings is 2. The fraction of sp³-hybridized carbons (Fsp3) is 0.467. The van der Waals surface area contributed by atoms with Gasteiger partial charge in [-0.1, -0.05) is 44.9 Å². The highest BCUT2D eigenvalue weighted by Gasteiger charge is 2.33. The summed E-state index contributed by atoms with van der Waals surface area (Å²) in [5.74, 6) is 0.929. The molecular weight excluding hydrogens is 464 g/mol. The van der Waals surface area contributed by atoms with Crippen LogP contribution in [0.5, 0.6) is 5.75 Å². The number of carbonyl (C=O) groups is 2. The van der Waals surface area contributed by atoms with Crippen molar-refractivity contribution in [1.29, 1.82) is 0 Å². The molecule has 4 rings (SSSR count). The summed E-state index contributed by atoms with van der Waals surface area (Å²) in [4.78, 5) is 26.8. The van der Waals surface area contributed by atoms with Gasteiger partial charge >= 0.3 is 0 Å². The Bertz CT molecular complexity index is 1200. The Labute approximate surface area is 220 Å². The number of amides is 2. The molecule has 1 aliphatic carbocycles. The van der Waals surface area contributed by atoms with Gasteiger partial charge < -0.3 is 25.3 Å². The van der Waals surface area contributed by atoms with E-state index in [9.17, 15) is 9.59 Å². The molecule has 37 heavy (non-hydrogen) atoms. The van der Waals surface area contributed by atoms with Crippen LogP contribution in [0.2, 0.25) is 0 Å². The summed E-state index contributed by atoms with van der Waals surface area (Å²) in [6.45, 7) is 4.97. The molecule has 2 aromatic carbocycles. The summed E-state index contributed by atoms with van der Waals surface area (Å²) in [6.07, 6.45) is 4.48. The van der Waals surface area contributed by atoms with Crippen molar-refractivity contribution >= 4 is 28.4 Å². The topological polar surface area (TPSA) is 84.4 Å². The number of hydrogen-bond donors (Lipinski definition) is 3. The quantitative estimate of drug-likeness (QED) is 0.358. The molecule has 3 aromatic rings. The molecule has 0 radical (unpaired) electrons. The minimum absolute atomic E-state index is 0.00828. The van der Waals surface area contributed by atoms with Crippen molar-refractivity contribution in [1.82, 2.24) is 15.2 Å². The highest BCUT2D eigenvalue weighted by Crippen LogP contribution is 2.26. The molecule has 1 saturated carbocycles. The zero-order chi connectivity index (χ0) is 26.4. The first-order valence-corrected chi connectivity index (χ1v) is 13.4. The Balaban J connectivity index is 1.41. The second kappa shape index (κ2) is 12.2. The zero-order valence-corrected chi connectivity index (χ0v) is 22.4. The van der Waals surface area contributed by atoms with E-state index >= 15 is 0 Å². The molecule has 1 aromatic heterocycles. The number of fused-ring (bicyclic) bond motifs is 1. The summed E-state index contributed by atoms with van der Waals surface area (Å²) < 4.78 is 7.16. The highest BCUT2D eigenvalue weighted by molar-refractivity contribution is 5.99. The van der Waals surface area contributed by atoms with Crippen molar-refractivity contribution in [2.75, 3.05) is 19.0 Å². The minimum Gasteiger partial charge on any atom is -0.497 e. The third-order valence-corrected chi connectivity index (χ3v) is 7.35. The summed E-state index contributed by atoms with van der Waals surface area (Å²) in [6, 6.07) is 17.5. The van der Waals surface area contributed by atoms with E-state index < -0.39 is 0 Å². The molecule has 198 valence electrons. The third-order valence-electron chi connectivity index (χ3n) is 7.35. The van der Waals surface area contributed by atoms with E-state index in [0.717, 1.165) is 54.4 Å². The number of nitrogens with one attached hydrogen (secondary N) is 3. The Morgan fingerprint density at radius 2 is 1.78 bits per heavy atom. The first-order valence-electron chi connectivity index (χ1n) is 13.4. The average molecular weight is 505 g/mol. The van der Waals surface area contributed by atoms with Crippen molar-refractivity contribution in [3.05, 3.63) is 60.3 Å². The van der Waals surface area contributed by atoms with Crippen LogP contribution in [0.1, 0.15) is 56.4 Å². The molecule has 1 heterocycles. The lowest BCUT2D eigenvalue weighted by atomic mass is 9.83. The van der Waals surface area contributed by atoms with Crippen molar-refractivity contribution in [2.24, 2.45) is 18.9 Å². The molecule has 7 nitrogen and oxygen atoms in total. The van der Waals surface area contributed by atoms with Gasteiger partial charge in [0.25, 0.3) is 5.91 Å². The predicted molar refractivity (Wildman–Crippen MR) is 149 cm³/mol. The summed E-state index contributed by atoms with van der Waals surface area (Å²) in [5, 5.41) is 11.0. The van der Waals surface area contributed by atoms with Gasteiger partial charge in [0.15, 0.2) is 0 Å². The molecule has 3 N–H and O–H groups in total. The van der Waals surface area contributed by atoms with Gasteiger partial charge in [-0.2, -0.15) is 0 Å². The highest BCUT2D eigenvalue weighted by atomic mass is 16.5. The summed E-state index contributed by atoms with van der Waals surface area (Å²) in [7, 11) is 3.56. The smallest absolute Gasteiger partial charge is 0.268 e. The molecule has 0 bridgehead atoms. The number of ether oxygens (including phenoxy) is 1. The molecule has 0 spiro atoms. The number of methoxy groups -OCH3 is 1. The minimum atomic E-state index is -0.233. The van der Waals surface area contributed by atoms with Gasteiger partial charge in [0, 0.05) is 42.3 Å². The van der Waals surface area contributed by atoms with Crippen LogP contribution in [-0.2, 0) is 11.8 Å². The lowest BCUT2D eigenvalue weighted by Crippen LogP contribution is -2.51. The van der Waals surface area contributed by atoms with E-state index in [-0.39, 0.29) is 29.8 Å². The van der Waals surface area contributed by atoms with Crippen LogP contribution >= 0.6 is 0 Å². The van der Waals surface area contributed by atoms with E-state index in [2.05, 4.69) is 29.8 Å². The van der Waals surface area contributed by atoms with Crippen LogP contribution in [0.4, 0.5) is 5.69 Å². The van der Waals surface area contributed by atoms with Crippen LogP contribution < -0.4 is 20.7 Å². The Morgan fingerprint density at radius 1 is 1.05 bits per heavy atom. The predicted octanol–water partition coefficient (Wildman–Crippen LogP) is 5.12. The van der Waals surface area contributed by atoms with Gasteiger partial charge in [0.1, 0.15) is 11.4 Å². The molecule has 7 heteroatoms. The number of aromatic nitrogens is 1. The van der Waals surface area contributed by atoms with Gasteiger partial charge in [-0.3, -0.25) is 9.59 Å². The molecule has 1 aliphatic rings. The number of rotatable bonds is 10. The van der Waals surface area contributed by atoms with E-state index in [4.69, 9.17) is 4.74 Å². The fourth-order valence-corrected chi connectivity index (χ4v) is 5.39. The van der Waals surface area contributed by atoms with Crippen molar-refractivity contribution in [3.63, 3.8) is 0 Å². The number of carbonyl (C=O) groups excluding carboxylic acids is 2. The Kier molecular flexibility index (Phi) is 8.74. The first kappa shape index (κ1) is 26.6. The van der Waals surface area contributed by atoms with Crippen LogP contribution in [-0.4, -0.2) is 42.1 Å². The van der Waals surface area contributed by atoms with Gasteiger partial charge in [-0.15, -0.1) is 0 Å². The third kappa shape index (κ3) is 6.64. The van der Waals surface area contributed by atoms with Crippen molar-refractivity contribution in [3.8, 4) is 5.75 Å². The van der Waals surface area contributed by atoms with E-state index in [1.807, 2.05) is 66.2 Å². The summed E-state index contributed by atoms with van der Waals surface area (Å²) >= 11 is 0. The van der Waals surface area contributed by atoms with Crippen LogP contribution in [0.25, 0.3) is 10.9 Å². The molecular formula is C30H40N4O3. The number of anilines is 1. The second-order valence-corrected chi connectivity index (χ2v) is 10.6. The van der Waals surface area contributed by atoms with Gasteiger partial charge in [0.05, 0.1) is 13.0 Å². The average Bonchev–Trinajstić information content (AvgIpc) is 3.24. The maximum absolute atomic E-state index is 13.5. The van der Waals surface area contributed by atoms with Crippen LogP contribution in [0, 0.1) is 11.8 Å². The zero-order valence-electron chi connectivity index (χ0n) is 22.4.